The molecule has 0 aliphatic rings. The molecule has 1 aromatic rings. The van der Waals surface area contributed by atoms with Crippen LogP contribution in [0.5, 0.6) is 0 Å². The van der Waals surface area contributed by atoms with Gasteiger partial charge in [0.25, 0.3) is 0 Å². The predicted octanol–water partition coefficient (Wildman–Crippen LogP) is 3.26. The quantitative estimate of drug-likeness (QED) is 0.817. The number of hydrogen-bond acceptors (Lipinski definition) is 1. The maximum atomic E-state index is 10.5. The normalized spacial score (nSPS) is 11.5. The molecular formula is C13H16O2. The molecule has 80 valence electrons. The Hall–Kier alpha value is -1.57. The Bertz CT molecular complexity index is 361. The molecule has 1 aromatic carbocycles. The fraction of sp³-hybridized carbons (Fsp3) is 0.308. The minimum atomic E-state index is -0.784. The van der Waals surface area contributed by atoms with Crippen LogP contribution in [-0.2, 0) is 4.79 Å². The molecule has 15 heavy (non-hydrogen) atoms. The average Bonchev–Trinajstić information content (AvgIpc) is 2.21. The number of aliphatic carboxylic acids is 1. The van der Waals surface area contributed by atoms with Crippen molar-refractivity contribution in [3.63, 3.8) is 0 Å². The lowest BCUT2D eigenvalue weighted by Gasteiger charge is -2.04. The van der Waals surface area contributed by atoms with Gasteiger partial charge in [-0.2, -0.15) is 0 Å². The Kier molecular flexibility index (Phi) is 4.10. The molecule has 0 spiro atoms. The van der Waals surface area contributed by atoms with Gasteiger partial charge in [0.05, 0.1) is 6.42 Å². The molecule has 0 amide bonds. The van der Waals surface area contributed by atoms with Gasteiger partial charge >= 0.3 is 5.97 Å². The van der Waals surface area contributed by atoms with Crippen molar-refractivity contribution < 1.29 is 9.90 Å². The largest absolute Gasteiger partial charge is 0.481 e. The molecular weight excluding hydrogens is 188 g/mol. The van der Waals surface area contributed by atoms with E-state index in [4.69, 9.17) is 5.11 Å². The third-order valence-corrected chi connectivity index (χ3v) is 2.33. The van der Waals surface area contributed by atoms with Gasteiger partial charge in [0.15, 0.2) is 0 Å². The summed E-state index contributed by atoms with van der Waals surface area (Å²) >= 11 is 0. The first-order valence-corrected chi connectivity index (χ1v) is 5.11. The highest BCUT2D eigenvalue weighted by Crippen LogP contribution is 2.18. The molecule has 0 saturated carbocycles. The van der Waals surface area contributed by atoms with Crippen LogP contribution >= 0.6 is 0 Å². The van der Waals surface area contributed by atoms with Gasteiger partial charge in [-0.3, -0.25) is 4.79 Å². The third-order valence-electron chi connectivity index (χ3n) is 2.33. The fourth-order valence-corrected chi connectivity index (χ4v) is 1.44. The van der Waals surface area contributed by atoms with Crippen molar-refractivity contribution >= 4 is 11.5 Å². The van der Waals surface area contributed by atoms with E-state index in [2.05, 4.69) is 0 Å². The van der Waals surface area contributed by atoms with Crippen molar-refractivity contribution in [3.05, 3.63) is 41.5 Å². The number of carbonyl (C=O) groups is 1. The molecule has 2 nitrogen and oxygen atoms in total. The summed E-state index contributed by atoms with van der Waals surface area (Å²) < 4.78 is 0. The second kappa shape index (κ2) is 5.35. The molecule has 1 N–H and O–H groups in total. The summed E-state index contributed by atoms with van der Waals surface area (Å²) in [6.45, 7) is 4.07. The van der Waals surface area contributed by atoms with Crippen LogP contribution in [0.15, 0.2) is 30.3 Å². The van der Waals surface area contributed by atoms with Crippen molar-refractivity contribution in [2.24, 2.45) is 0 Å². The minimum Gasteiger partial charge on any atom is -0.481 e. The maximum Gasteiger partial charge on any atom is 0.307 e. The van der Waals surface area contributed by atoms with E-state index in [0.29, 0.717) is 0 Å². The first-order valence-electron chi connectivity index (χ1n) is 5.11. The number of allylic oxidation sites excluding steroid dienone is 1. The van der Waals surface area contributed by atoms with Crippen molar-refractivity contribution in [2.75, 3.05) is 0 Å². The minimum absolute atomic E-state index is 0.0943. The van der Waals surface area contributed by atoms with Crippen LogP contribution < -0.4 is 0 Å². The highest BCUT2D eigenvalue weighted by molar-refractivity contribution is 5.74. The van der Waals surface area contributed by atoms with Gasteiger partial charge in [0, 0.05) is 0 Å². The van der Waals surface area contributed by atoms with E-state index in [9.17, 15) is 4.79 Å². The van der Waals surface area contributed by atoms with E-state index in [1.165, 1.54) is 5.56 Å². The lowest BCUT2D eigenvalue weighted by atomic mass is 10.0. The summed E-state index contributed by atoms with van der Waals surface area (Å²) in [5.74, 6) is -0.784. The highest BCUT2D eigenvalue weighted by Gasteiger charge is 2.00. The standard InChI is InChI=1S/C13H16O2/c1-3-11(8-9-13(14)15)12-6-4-10(2)5-7-12/h4-8H,3,9H2,1-2H3,(H,14,15)/b11-8+. The molecule has 0 aliphatic carbocycles. The van der Waals surface area contributed by atoms with Crippen LogP contribution in [0.3, 0.4) is 0 Å². The molecule has 0 unspecified atom stereocenters. The molecule has 0 bridgehead atoms. The number of aryl methyl sites for hydroxylation is 1. The van der Waals surface area contributed by atoms with Crippen LogP contribution in [0.4, 0.5) is 0 Å². The van der Waals surface area contributed by atoms with Gasteiger partial charge in [-0.1, -0.05) is 42.8 Å². The molecule has 0 radical (unpaired) electrons. The second-order valence-electron chi connectivity index (χ2n) is 3.55. The first-order chi connectivity index (χ1) is 7.13. The number of carboxylic acid groups (broad SMARTS) is 1. The smallest absolute Gasteiger partial charge is 0.307 e. The average molecular weight is 204 g/mol. The maximum absolute atomic E-state index is 10.5. The van der Waals surface area contributed by atoms with E-state index < -0.39 is 5.97 Å². The summed E-state index contributed by atoms with van der Waals surface area (Å²) in [6.07, 6.45) is 2.74. The summed E-state index contributed by atoms with van der Waals surface area (Å²) in [5, 5.41) is 8.60. The van der Waals surface area contributed by atoms with Crippen molar-refractivity contribution in [2.45, 2.75) is 26.7 Å². The molecule has 2 heteroatoms. The van der Waals surface area contributed by atoms with Gasteiger partial charge in [0.2, 0.25) is 0 Å². The SMILES string of the molecule is CC/C(=C\CC(=O)O)c1ccc(C)cc1. The van der Waals surface area contributed by atoms with Crippen molar-refractivity contribution in [1.82, 2.24) is 0 Å². The Labute approximate surface area is 90.3 Å². The monoisotopic (exact) mass is 204 g/mol. The van der Waals surface area contributed by atoms with E-state index in [1.54, 1.807) is 6.08 Å². The molecule has 0 heterocycles. The molecule has 0 aromatic heterocycles. The topological polar surface area (TPSA) is 37.3 Å². The van der Waals surface area contributed by atoms with E-state index >= 15 is 0 Å². The number of benzene rings is 1. The zero-order valence-corrected chi connectivity index (χ0v) is 9.16. The van der Waals surface area contributed by atoms with Crippen LogP contribution in [0.25, 0.3) is 5.57 Å². The molecule has 0 atom stereocenters. The third kappa shape index (κ3) is 3.58. The zero-order chi connectivity index (χ0) is 11.3. The number of hydrogen-bond donors (Lipinski definition) is 1. The zero-order valence-electron chi connectivity index (χ0n) is 9.16. The Balaban J connectivity index is 2.87. The van der Waals surface area contributed by atoms with Crippen LogP contribution in [0.1, 0.15) is 30.9 Å². The lowest BCUT2D eigenvalue weighted by molar-refractivity contribution is -0.135. The van der Waals surface area contributed by atoms with Gasteiger partial charge in [-0.05, 0) is 24.5 Å². The van der Waals surface area contributed by atoms with Crippen molar-refractivity contribution in [1.29, 1.82) is 0 Å². The van der Waals surface area contributed by atoms with E-state index in [1.807, 2.05) is 38.1 Å². The first kappa shape index (κ1) is 11.5. The Morgan fingerprint density at radius 3 is 2.40 bits per heavy atom. The van der Waals surface area contributed by atoms with Crippen molar-refractivity contribution in [3.8, 4) is 0 Å². The Morgan fingerprint density at radius 2 is 1.93 bits per heavy atom. The van der Waals surface area contributed by atoms with E-state index in [-0.39, 0.29) is 6.42 Å². The Morgan fingerprint density at radius 1 is 1.33 bits per heavy atom. The number of carboxylic acids is 1. The second-order valence-corrected chi connectivity index (χ2v) is 3.55. The van der Waals surface area contributed by atoms with Crippen LogP contribution in [-0.4, -0.2) is 11.1 Å². The predicted molar refractivity (Wildman–Crippen MR) is 61.7 cm³/mol. The van der Waals surface area contributed by atoms with E-state index in [0.717, 1.165) is 17.6 Å². The van der Waals surface area contributed by atoms with Gasteiger partial charge in [-0.15, -0.1) is 0 Å². The highest BCUT2D eigenvalue weighted by atomic mass is 16.4. The summed E-state index contributed by atoms with van der Waals surface area (Å²) in [4.78, 5) is 10.5. The molecule has 1 rings (SSSR count). The lowest BCUT2D eigenvalue weighted by Crippen LogP contribution is -1.92. The fourth-order valence-electron chi connectivity index (χ4n) is 1.44. The van der Waals surface area contributed by atoms with Gasteiger partial charge in [0.1, 0.15) is 0 Å². The molecule has 0 saturated heterocycles. The van der Waals surface area contributed by atoms with Crippen LogP contribution in [0.2, 0.25) is 0 Å². The molecule has 0 fully saturated rings. The number of rotatable bonds is 4. The van der Waals surface area contributed by atoms with Crippen LogP contribution in [0, 0.1) is 6.92 Å². The summed E-state index contributed by atoms with van der Waals surface area (Å²) in [6, 6.07) is 8.15. The molecule has 0 aliphatic heterocycles. The summed E-state index contributed by atoms with van der Waals surface area (Å²) in [7, 11) is 0. The van der Waals surface area contributed by atoms with Gasteiger partial charge < -0.3 is 5.11 Å². The summed E-state index contributed by atoms with van der Waals surface area (Å²) in [5.41, 5.74) is 3.43. The van der Waals surface area contributed by atoms with Gasteiger partial charge in [-0.25, -0.2) is 0 Å².